The maximum atomic E-state index is 13.0. The van der Waals surface area contributed by atoms with Gasteiger partial charge in [0, 0.05) is 12.7 Å². The molecule has 0 aliphatic heterocycles. The number of aromatic nitrogens is 1. The number of benzene rings is 1. The monoisotopic (exact) mass is 325 g/mol. The molecule has 23 heavy (non-hydrogen) atoms. The Morgan fingerprint density at radius 3 is 2.74 bits per heavy atom. The fourth-order valence-corrected chi connectivity index (χ4v) is 1.82. The second kappa shape index (κ2) is 6.96. The van der Waals surface area contributed by atoms with Gasteiger partial charge in [-0.05, 0) is 30.3 Å². The van der Waals surface area contributed by atoms with Gasteiger partial charge in [0.2, 0.25) is 5.88 Å². The zero-order valence-electron chi connectivity index (χ0n) is 11.7. The lowest BCUT2D eigenvalue weighted by Crippen LogP contribution is -2.16. The predicted molar refractivity (Wildman–Crippen MR) is 74.3 cm³/mol. The van der Waals surface area contributed by atoms with Gasteiger partial charge in [0.15, 0.2) is 0 Å². The Hall–Kier alpha value is -2.82. The standard InChI is InChI=1S/C15H11F4N3O/c16-11-3-4-13(10(8-11)9-20)21-6-7-23-14-12(15(17,18)19)2-1-5-22-14/h1-5,8,21H,6-7H2. The van der Waals surface area contributed by atoms with Gasteiger partial charge in [-0.25, -0.2) is 9.37 Å². The summed E-state index contributed by atoms with van der Waals surface area (Å²) in [5.41, 5.74) is -0.493. The lowest BCUT2D eigenvalue weighted by molar-refractivity contribution is -0.139. The maximum Gasteiger partial charge on any atom is 0.421 e. The number of nitrogens with zero attached hydrogens (tertiary/aromatic N) is 2. The van der Waals surface area contributed by atoms with Gasteiger partial charge in [0.25, 0.3) is 0 Å². The molecule has 1 aromatic carbocycles. The molecule has 1 aromatic heterocycles. The molecule has 8 heteroatoms. The molecule has 0 bridgehead atoms. The highest BCUT2D eigenvalue weighted by molar-refractivity contribution is 5.57. The SMILES string of the molecule is N#Cc1cc(F)ccc1NCCOc1ncccc1C(F)(F)F. The molecule has 0 fully saturated rings. The summed E-state index contributed by atoms with van der Waals surface area (Å²) < 4.78 is 56.3. The number of ether oxygens (including phenoxy) is 1. The van der Waals surface area contributed by atoms with Gasteiger partial charge in [-0.15, -0.1) is 0 Å². The largest absolute Gasteiger partial charge is 0.475 e. The average molecular weight is 325 g/mol. The first-order valence-electron chi connectivity index (χ1n) is 6.50. The van der Waals surface area contributed by atoms with Gasteiger partial charge in [-0.2, -0.15) is 18.4 Å². The third kappa shape index (κ3) is 4.32. The molecular formula is C15H11F4N3O. The molecule has 0 saturated carbocycles. The summed E-state index contributed by atoms with van der Waals surface area (Å²) in [5.74, 6) is -1.06. The zero-order chi connectivity index (χ0) is 16.9. The second-order valence-electron chi connectivity index (χ2n) is 4.43. The van der Waals surface area contributed by atoms with Crippen molar-refractivity contribution in [3.05, 3.63) is 53.5 Å². The van der Waals surface area contributed by atoms with Crippen LogP contribution in [0.1, 0.15) is 11.1 Å². The van der Waals surface area contributed by atoms with Crippen LogP contribution in [0.3, 0.4) is 0 Å². The number of hydrogen-bond acceptors (Lipinski definition) is 4. The van der Waals surface area contributed by atoms with Gasteiger partial charge in [0.05, 0.1) is 11.3 Å². The molecule has 2 rings (SSSR count). The first-order chi connectivity index (χ1) is 10.9. The van der Waals surface area contributed by atoms with Crippen molar-refractivity contribution in [2.75, 3.05) is 18.5 Å². The third-order valence-corrected chi connectivity index (χ3v) is 2.83. The first-order valence-corrected chi connectivity index (χ1v) is 6.50. The number of hydrogen-bond donors (Lipinski definition) is 1. The van der Waals surface area contributed by atoms with Crippen molar-refractivity contribution in [3.63, 3.8) is 0 Å². The number of alkyl halides is 3. The van der Waals surface area contributed by atoms with Crippen LogP contribution in [0.2, 0.25) is 0 Å². The van der Waals surface area contributed by atoms with Crippen LogP contribution in [0.15, 0.2) is 36.5 Å². The molecule has 0 saturated heterocycles. The summed E-state index contributed by atoms with van der Waals surface area (Å²) in [7, 11) is 0. The van der Waals surface area contributed by atoms with E-state index in [1.165, 1.54) is 24.4 Å². The molecule has 1 heterocycles. The Morgan fingerprint density at radius 2 is 2.04 bits per heavy atom. The summed E-state index contributed by atoms with van der Waals surface area (Å²) in [4.78, 5) is 3.56. The van der Waals surface area contributed by atoms with Crippen molar-refractivity contribution in [2.45, 2.75) is 6.18 Å². The summed E-state index contributed by atoms with van der Waals surface area (Å²) in [6.45, 7) is 0.0104. The van der Waals surface area contributed by atoms with Gasteiger partial charge in [-0.1, -0.05) is 0 Å². The van der Waals surface area contributed by atoms with E-state index in [4.69, 9.17) is 10.00 Å². The van der Waals surface area contributed by atoms with Crippen LogP contribution in [-0.2, 0) is 6.18 Å². The zero-order valence-corrected chi connectivity index (χ0v) is 11.7. The molecule has 0 amide bonds. The van der Waals surface area contributed by atoms with Crippen LogP contribution in [0, 0.1) is 17.1 Å². The van der Waals surface area contributed by atoms with E-state index in [9.17, 15) is 17.6 Å². The van der Waals surface area contributed by atoms with E-state index in [-0.39, 0.29) is 18.7 Å². The smallest absolute Gasteiger partial charge is 0.421 e. The molecule has 0 spiro atoms. The average Bonchev–Trinajstić information content (AvgIpc) is 2.52. The predicted octanol–water partition coefficient (Wildman–Crippen LogP) is 3.60. The van der Waals surface area contributed by atoms with Crippen LogP contribution >= 0.6 is 0 Å². The highest BCUT2D eigenvalue weighted by Gasteiger charge is 2.34. The molecule has 1 N–H and O–H groups in total. The molecule has 0 radical (unpaired) electrons. The third-order valence-electron chi connectivity index (χ3n) is 2.83. The second-order valence-corrected chi connectivity index (χ2v) is 4.43. The van der Waals surface area contributed by atoms with Crippen LogP contribution in [0.5, 0.6) is 5.88 Å². The van der Waals surface area contributed by atoms with Gasteiger partial charge >= 0.3 is 6.18 Å². The highest BCUT2D eigenvalue weighted by atomic mass is 19.4. The molecule has 4 nitrogen and oxygen atoms in total. The Labute approximate surface area is 129 Å². The number of halogens is 4. The number of rotatable bonds is 5. The van der Waals surface area contributed by atoms with Crippen molar-refractivity contribution in [1.29, 1.82) is 5.26 Å². The fourth-order valence-electron chi connectivity index (χ4n) is 1.82. The van der Waals surface area contributed by atoms with Crippen molar-refractivity contribution < 1.29 is 22.3 Å². The molecule has 120 valence electrons. The Kier molecular flexibility index (Phi) is 5.01. The lowest BCUT2D eigenvalue weighted by Gasteiger charge is -2.13. The Balaban J connectivity index is 1.96. The van der Waals surface area contributed by atoms with Gasteiger partial charge < -0.3 is 10.1 Å². The number of anilines is 1. The molecule has 0 unspecified atom stereocenters. The molecule has 0 aliphatic rings. The van der Waals surface area contributed by atoms with Crippen LogP contribution in [-0.4, -0.2) is 18.1 Å². The van der Waals surface area contributed by atoms with Crippen molar-refractivity contribution >= 4 is 5.69 Å². The quantitative estimate of drug-likeness (QED) is 0.674. The minimum atomic E-state index is -4.55. The van der Waals surface area contributed by atoms with E-state index >= 15 is 0 Å². The molecule has 0 aliphatic carbocycles. The van der Waals surface area contributed by atoms with Crippen LogP contribution < -0.4 is 10.1 Å². The lowest BCUT2D eigenvalue weighted by atomic mass is 10.2. The molecule has 0 atom stereocenters. The summed E-state index contributed by atoms with van der Waals surface area (Å²) >= 11 is 0. The summed E-state index contributed by atoms with van der Waals surface area (Å²) in [6, 6.07) is 7.47. The van der Waals surface area contributed by atoms with E-state index < -0.39 is 23.4 Å². The van der Waals surface area contributed by atoms with Crippen molar-refractivity contribution in [2.24, 2.45) is 0 Å². The summed E-state index contributed by atoms with van der Waals surface area (Å²) in [6.07, 6.45) is -3.35. The number of nitriles is 1. The topological polar surface area (TPSA) is 57.9 Å². The van der Waals surface area contributed by atoms with Gasteiger partial charge in [-0.3, -0.25) is 0 Å². The normalized spacial score (nSPS) is 10.9. The van der Waals surface area contributed by atoms with E-state index in [0.29, 0.717) is 5.69 Å². The van der Waals surface area contributed by atoms with E-state index in [0.717, 1.165) is 12.1 Å². The van der Waals surface area contributed by atoms with Crippen LogP contribution in [0.4, 0.5) is 23.2 Å². The Bertz CT molecular complexity index is 725. The Morgan fingerprint density at radius 1 is 1.26 bits per heavy atom. The van der Waals surface area contributed by atoms with E-state index in [1.54, 1.807) is 0 Å². The van der Waals surface area contributed by atoms with Crippen LogP contribution in [0.25, 0.3) is 0 Å². The molecule has 2 aromatic rings. The van der Waals surface area contributed by atoms with Crippen molar-refractivity contribution in [3.8, 4) is 11.9 Å². The minimum absolute atomic E-state index is 0.0961. The van der Waals surface area contributed by atoms with E-state index in [1.807, 2.05) is 6.07 Å². The van der Waals surface area contributed by atoms with Gasteiger partial charge in [0.1, 0.15) is 24.1 Å². The number of nitrogens with one attached hydrogen (secondary N) is 1. The minimum Gasteiger partial charge on any atom is -0.475 e. The number of pyridine rings is 1. The fraction of sp³-hybridized carbons (Fsp3) is 0.200. The van der Waals surface area contributed by atoms with E-state index in [2.05, 4.69) is 10.3 Å². The van der Waals surface area contributed by atoms with Crippen molar-refractivity contribution in [1.82, 2.24) is 4.98 Å². The molecular weight excluding hydrogens is 314 g/mol. The highest BCUT2D eigenvalue weighted by Crippen LogP contribution is 2.34. The summed E-state index contributed by atoms with van der Waals surface area (Å²) in [5, 5.41) is 11.7. The first kappa shape index (κ1) is 16.5. The maximum absolute atomic E-state index is 13.0.